The first-order valence-electron chi connectivity index (χ1n) is 8.71. The van der Waals surface area contributed by atoms with E-state index < -0.39 is 5.97 Å². The first kappa shape index (κ1) is 20.0. The van der Waals surface area contributed by atoms with Gasteiger partial charge in [0.2, 0.25) is 5.88 Å². The van der Waals surface area contributed by atoms with Gasteiger partial charge in [-0.05, 0) is 55.0 Å². The topological polar surface area (TPSA) is 57.7 Å². The zero-order valence-electron chi connectivity index (χ0n) is 15.9. The second-order valence-electron chi connectivity index (χ2n) is 5.35. The molecule has 0 aliphatic heterocycles. The summed E-state index contributed by atoms with van der Waals surface area (Å²) < 4.78 is 16.2. The fourth-order valence-corrected chi connectivity index (χ4v) is 2.21. The molecule has 0 spiro atoms. The summed E-state index contributed by atoms with van der Waals surface area (Å²) >= 11 is 0. The van der Waals surface area contributed by atoms with E-state index in [2.05, 4.69) is 4.98 Å². The Bertz CT molecular complexity index is 861. The van der Waals surface area contributed by atoms with Crippen LogP contribution in [0.1, 0.15) is 29.8 Å². The molecule has 0 N–H and O–H groups in total. The van der Waals surface area contributed by atoms with Gasteiger partial charge in [0.1, 0.15) is 22.8 Å². The lowest BCUT2D eigenvalue weighted by Gasteiger charge is -2.10. The van der Waals surface area contributed by atoms with Gasteiger partial charge in [-0.3, -0.25) is 0 Å². The molecular formula is C22H23NO4. The fourth-order valence-electron chi connectivity index (χ4n) is 2.21. The molecule has 0 radical (unpaired) electrons. The van der Waals surface area contributed by atoms with E-state index in [1.165, 1.54) is 7.11 Å². The summed E-state index contributed by atoms with van der Waals surface area (Å²) in [5.41, 5.74) is 1.13. The van der Waals surface area contributed by atoms with Gasteiger partial charge in [-0.25, -0.2) is 9.78 Å². The smallest absolute Gasteiger partial charge is 0.343 e. The van der Waals surface area contributed by atoms with Crippen molar-refractivity contribution in [2.24, 2.45) is 0 Å². The minimum atomic E-state index is -0.491. The Morgan fingerprint density at radius 1 is 0.852 bits per heavy atom. The zero-order valence-corrected chi connectivity index (χ0v) is 15.9. The van der Waals surface area contributed by atoms with E-state index in [4.69, 9.17) is 14.2 Å². The lowest BCUT2D eigenvalue weighted by molar-refractivity contribution is 0.0597. The Balaban J connectivity index is 0.00000126. The van der Waals surface area contributed by atoms with E-state index in [1.54, 1.807) is 36.5 Å². The number of aryl methyl sites for hydroxylation is 1. The molecule has 3 rings (SSSR count). The Labute approximate surface area is 159 Å². The zero-order chi connectivity index (χ0) is 19.6. The number of aromatic nitrogens is 1. The van der Waals surface area contributed by atoms with Crippen molar-refractivity contribution in [2.75, 3.05) is 7.11 Å². The lowest BCUT2D eigenvalue weighted by atomic mass is 10.2. The number of benzene rings is 2. The summed E-state index contributed by atoms with van der Waals surface area (Å²) in [5.74, 6) is 1.69. The van der Waals surface area contributed by atoms with Crippen LogP contribution in [0.2, 0.25) is 0 Å². The van der Waals surface area contributed by atoms with Crippen molar-refractivity contribution < 1.29 is 19.0 Å². The van der Waals surface area contributed by atoms with E-state index in [-0.39, 0.29) is 11.4 Å². The maximum atomic E-state index is 11.9. The molecule has 3 aromatic rings. The molecule has 0 saturated carbocycles. The normalized spacial score (nSPS) is 9.63. The molecular weight excluding hydrogens is 342 g/mol. The molecule has 0 aliphatic rings. The predicted molar refractivity (Wildman–Crippen MR) is 105 cm³/mol. The Morgan fingerprint density at radius 3 is 2.00 bits per heavy atom. The summed E-state index contributed by atoms with van der Waals surface area (Å²) in [6.07, 6.45) is 1.63. The van der Waals surface area contributed by atoms with Crippen LogP contribution in [0, 0.1) is 6.92 Å². The number of pyridine rings is 1. The molecule has 0 unspecified atom stereocenters. The second-order valence-corrected chi connectivity index (χ2v) is 5.35. The molecule has 0 atom stereocenters. The van der Waals surface area contributed by atoms with Crippen LogP contribution in [0.5, 0.6) is 23.1 Å². The van der Waals surface area contributed by atoms with Crippen LogP contribution in [0.15, 0.2) is 66.9 Å². The standard InChI is InChI=1S/C20H17NO4.C2H6/c1-14-12-18(20(22)23-2)19(21-13-14)25-17-10-8-16(9-11-17)24-15-6-4-3-5-7-15;1-2/h3-13H,1-2H3;1-2H3. The molecule has 0 aliphatic carbocycles. The van der Waals surface area contributed by atoms with Crippen LogP contribution in [-0.2, 0) is 4.74 Å². The number of hydrogen-bond donors (Lipinski definition) is 0. The van der Waals surface area contributed by atoms with E-state index in [9.17, 15) is 4.79 Å². The summed E-state index contributed by atoms with van der Waals surface area (Å²) in [6, 6.07) is 18.3. The molecule has 0 bridgehead atoms. The van der Waals surface area contributed by atoms with Crippen LogP contribution in [0.25, 0.3) is 0 Å². The van der Waals surface area contributed by atoms with Crippen LogP contribution in [0.3, 0.4) is 0 Å². The molecule has 140 valence electrons. The van der Waals surface area contributed by atoms with Gasteiger partial charge in [0, 0.05) is 6.20 Å². The molecule has 27 heavy (non-hydrogen) atoms. The van der Waals surface area contributed by atoms with E-state index in [0.717, 1.165) is 11.3 Å². The number of methoxy groups -OCH3 is 1. The monoisotopic (exact) mass is 365 g/mol. The van der Waals surface area contributed by atoms with E-state index in [0.29, 0.717) is 11.5 Å². The van der Waals surface area contributed by atoms with Gasteiger partial charge in [-0.1, -0.05) is 32.0 Å². The maximum Gasteiger partial charge on any atom is 0.343 e. The minimum absolute atomic E-state index is 0.203. The minimum Gasteiger partial charge on any atom is -0.465 e. The Hall–Kier alpha value is -3.34. The van der Waals surface area contributed by atoms with Crippen molar-refractivity contribution in [1.29, 1.82) is 0 Å². The van der Waals surface area contributed by atoms with Gasteiger partial charge >= 0.3 is 5.97 Å². The number of nitrogens with zero attached hydrogens (tertiary/aromatic N) is 1. The number of carbonyl (C=O) groups is 1. The third kappa shape index (κ3) is 5.57. The van der Waals surface area contributed by atoms with Gasteiger partial charge in [0.25, 0.3) is 0 Å². The number of ether oxygens (including phenoxy) is 3. The molecule has 0 amide bonds. The van der Waals surface area contributed by atoms with Crippen molar-refractivity contribution in [1.82, 2.24) is 4.98 Å². The lowest BCUT2D eigenvalue weighted by Crippen LogP contribution is -2.05. The highest BCUT2D eigenvalue weighted by molar-refractivity contribution is 5.92. The van der Waals surface area contributed by atoms with Crippen LogP contribution in [0.4, 0.5) is 0 Å². The molecule has 2 aromatic carbocycles. The second kappa shape index (κ2) is 9.97. The van der Waals surface area contributed by atoms with Crippen molar-refractivity contribution >= 4 is 5.97 Å². The van der Waals surface area contributed by atoms with Gasteiger partial charge in [-0.2, -0.15) is 0 Å². The summed E-state index contributed by atoms with van der Waals surface area (Å²) in [5, 5.41) is 0. The number of esters is 1. The molecule has 5 heteroatoms. The quantitative estimate of drug-likeness (QED) is 0.536. The highest BCUT2D eigenvalue weighted by Crippen LogP contribution is 2.28. The molecule has 5 nitrogen and oxygen atoms in total. The summed E-state index contributed by atoms with van der Waals surface area (Å²) in [4.78, 5) is 16.1. The fraction of sp³-hybridized carbons (Fsp3) is 0.182. The predicted octanol–water partition coefficient (Wildman–Crippen LogP) is 5.79. The molecule has 1 aromatic heterocycles. The third-order valence-corrected chi connectivity index (χ3v) is 3.41. The average molecular weight is 365 g/mol. The maximum absolute atomic E-state index is 11.9. The molecule has 0 fully saturated rings. The molecule has 0 saturated heterocycles. The first-order chi connectivity index (χ1) is 13.2. The highest BCUT2D eigenvalue weighted by atomic mass is 16.5. The van der Waals surface area contributed by atoms with Crippen LogP contribution >= 0.6 is 0 Å². The molecule has 1 heterocycles. The number of para-hydroxylation sites is 1. The van der Waals surface area contributed by atoms with Crippen molar-refractivity contribution in [3.63, 3.8) is 0 Å². The highest BCUT2D eigenvalue weighted by Gasteiger charge is 2.15. The van der Waals surface area contributed by atoms with Gasteiger partial charge < -0.3 is 14.2 Å². The van der Waals surface area contributed by atoms with Gasteiger partial charge in [0.05, 0.1) is 7.11 Å². The number of carbonyl (C=O) groups excluding carboxylic acids is 1. The first-order valence-corrected chi connectivity index (χ1v) is 8.71. The average Bonchev–Trinajstić information content (AvgIpc) is 2.72. The third-order valence-electron chi connectivity index (χ3n) is 3.41. The van der Waals surface area contributed by atoms with E-state index in [1.807, 2.05) is 51.1 Å². The van der Waals surface area contributed by atoms with Crippen LogP contribution in [-0.4, -0.2) is 18.1 Å². The van der Waals surface area contributed by atoms with E-state index >= 15 is 0 Å². The van der Waals surface area contributed by atoms with Crippen molar-refractivity contribution in [2.45, 2.75) is 20.8 Å². The van der Waals surface area contributed by atoms with Crippen LogP contribution < -0.4 is 9.47 Å². The number of rotatable bonds is 5. The SMILES string of the molecule is CC.COC(=O)c1cc(C)cnc1Oc1ccc(Oc2ccccc2)cc1. The Kier molecular flexibility index (Phi) is 7.37. The van der Waals surface area contributed by atoms with Gasteiger partial charge in [0.15, 0.2) is 0 Å². The van der Waals surface area contributed by atoms with Crippen molar-refractivity contribution in [3.8, 4) is 23.1 Å². The largest absolute Gasteiger partial charge is 0.465 e. The van der Waals surface area contributed by atoms with Gasteiger partial charge in [-0.15, -0.1) is 0 Å². The summed E-state index contributed by atoms with van der Waals surface area (Å²) in [7, 11) is 1.32. The number of hydrogen-bond acceptors (Lipinski definition) is 5. The van der Waals surface area contributed by atoms with Crippen molar-refractivity contribution in [3.05, 3.63) is 78.0 Å². The Morgan fingerprint density at radius 2 is 1.41 bits per heavy atom. The summed E-state index contributed by atoms with van der Waals surface area (Å²) in [6.45, 7) is 5.85.